The molecule has 4 heterocycles. The minimum absolute atomic E-state index is 0.500. The third-order valence-electron chi connectivity index (χ3n) is 11.0. The molecule has 0 unspecified atom stereocenters. The highest BCUT2D eigenvalue weighted by atomic mass is 16.3. The van der Waals surface area contributed by atoms with Crippen LogP contribution in [0.25, 0.3) is 116 Å². The highest BCUT2D eigenvalue weighted by molar-refractivity contribution is 6.21. The molecule has 12 rings (SSSR count). The summed E-state index contributed by atoms with van der Waals surface area (Å²) in [5.41, 5.74) is 9.24. The average Bonchev–Trinajstić information content (AvgIpc) is 3.91. The summed E-state index contributed by atoms with van der Waals surface area (Å²) < 4.78 is 15.2. The molecular weight excluding hydrogens is 677 g/mol. The van der Waals surface area contributed by atoms with Crippen molar-refractivity contribution in [3.05, 3.63) is 163 Å². The van der Waals surface area contributed by atoms with Crippen LogP contribution < -0.4 is 0 Å². The number of para-hydroxylation sites is 1. The molecule has 254 valence electrons. The van der Waals surface area contributed by atoms with Crippen molar-refractivity contribution < 1.29 is 8.83 Å². The third-order valence-corrected chi connectivity index (χ3v) is 11.0. The number of hydrogen-bond acceptors (Lipinski definition) is 5. The van der Waals surface area contributed by atoms with Gasteiger partial charge in [0.05, 0.1) is 33.7 Å². The first kappa shape index (κ1) is 29.8. The SMILES string of the molecule is N#Cc1ccc(-c2ccc3c(c2)oc2nc(-n4c5cc6ccccc6cc5c5ccc6ccccc6c54)nc(-c4ccc5oc6ccccc6c5c4)c23)cc1. The van der Waals surface area contributed by atoms with E-state index in [1.807, 2.05) is 48.5 Å². The van der Waals surface area contributed by atoms with Gasteiger partial charge in [0.1, 0.15) is 16.7 Å². The van der Waals surface area contributed by atoms with Crippen molar-refractivity contribution in [3.63, 3.8) is 0 Å². The fourth-order valence-corrected chi connectivity index (χ4v) is 8.43. The zero-order valence-corrected chi connectivity index (χ0v) is 29.1. The molecule has 55 heavy (non-hydrogen) atoms. The second kappa shape index (κ2) is 11.1. The Morgan fingerprint density at radius 3 is 2.04 bits per heavy atom. The average molecular weight is 703 g/mol. The lowest BCUT2D eigenvalue weighted by Crippen LogP contribution is -2.03. The van der Waals surface area contributed by atoms with E-state index in [4.69, 9.17) is 18.8 Å². The number of benzene rings is 8. The van der Waals surface area contributed by atoms with Gasteiger partial charge >= 0.3 is 0 Å². The summed E-state index contributed by atoms with van der Waals surface area (Å²) in [6.07, 6.45) is 0. The largest absolute Gasteiger partial charge is 0.456 e. The minimum Gasteiger partial charge on any atom is -0.456 e. The van der Waals surface area contributed by atoms with E-state index in [0.29, 0.717) is 22.8 Å². The van der Waals surface area contributed by atoms with Gasteiger partial charge in [-0.2, -0.15) is 10.2 Å². The van der Waals surface area contributed by atoms with Crippen molar-refractivity contribution >= 4 is 87.4 Å². The van der Waals surface area contributed by atoms with Gasteiger partial charge in [0.15, 0.2) is 0 Å². The maximum Gasteiger partial charge on any atom is 0.238 e. The zero-order chi connectivity index (χ0) is 36.2. The topological polar surface area (TPSA) is 80.8 Å². The molecule has 0 saturated heterocycles. The fourth-order valence-electron chi connectivity index (χ4n) is 8.43. The lowest BCUT2D eigenvalue weighted by molar-refractivity contribution is 0.651. The molecule has 6 nitrogen and oxygen atoms in total. The van der Waals surface area contributed by atoms with Crippen molar-refractivity contribution in [1.82, 2.24) is 14.5 Å². The van der Waals surface area contributed by atoms with Crippen LogP contribution in [-0.4, -0.2) is 14.5 Å². The van der Waals surface area contributed by atoms with Gasteiger partial charge in [-0.25, -0.2) is 4.98 Å². The van der Waals surface area contributed by atoms with Gasteiger partial charge in [0, 0.05) is 37.9 Å². The second-order valence-corrected chi connectivity index (χ2v) is 14.1. The van der Waals surface area contributed by atoms with Gasteiger partial charge in [-0.1, -0.05) is 97.1 Å². The van der Waals surface area contributed by atoms with Gasteiger partial charge in [-0.15, -0.1) is 0 Å². The summed E-state index contributed by atoms with van der Waals surface area (Å²) in [5, 5.41) is 20.0. The number of nitriles is 1. The first-order chi connectivity index (χ1) is 27.2. The van der Waals surface area contributed by atoms with Crippen molar-refractivity contribution in [1.29, 1.82) is 5.26 Å². The van der Waals surface area contributed by atoms with Crippen LogP contribution in [0.3, 0.4) is 0 Å². The van der Waals surface area contributed by atoms with Crippen molar-refractivity contribution in [2.75, 3.05) is 0 Å². The number of rotatable bonds is 3. The monoisotopic (exact) mass is 702 g/mol. The molecule has 0 spiro atoms. The van der Waals surface area contributed by atoms with Gasteiger partial charge < -0.3 is 8.83 Å². The van der Waals surface area contributed by atoms with Gasteiger partial charge in [-0.3, -0.25) is 4.57 Å². The first-order valence-electron chi connectivity index (χ1n) is 18.2. The quantitative estimate of drug-likeness (QED) is 0.183. The highest BCUT2D eigenvalue weighted by Gasteiger charge is 2.23. The van der Waals surface area contributed by atoms with E-state index in [1.165, 1.54) is 5.39 Å². The lowest BCUT2D eigenvalue weighted by Gasteiger charge is -2.11. The fraction of sp³-hybridized carbons (Fsp3) is 0. The maximum absolute atomic E-state index is 9.36. The number of furan rings is 2. The van der Waals surface area contributed by atoms with Crippen molar-refractivity contribution in [2.24, 2.45) is 0 Å². The van der Waals surface area contributed by atoms with E-state index >= 15 is 0 Å². The molecule has 0 N–H and O–H groups in total. The molecule has 0 aliphatic heterocycles. The molecular formula is C49H26N4O2. The standard InChI is InChI=1S/C49H26N4O2/c50-27-28-13-15-29(16-14-28)33-18-21-38-44(26-33)55-48-45(38)46(34-19-22-43-40(24-34)36-11-5-6-12-42(36)54-43)51-49(52-48)53-41-25-32-9-2-1-8-31(32)23-39(41)37-20-17-30-7-3-4-10-35(30)47(37)53/h1-26H. The maximum atomic E-state index is 9.36. The number of nitrogens with zero attached hydrogens (tertiary/aromatic N) is 4. The molecule has 0 bridgehead atoms. The van der Waals surface area contributed by atoms with E-state index in [9.17, 15) is 5.26 Å². The van der Waals surface area contributed by atoms with E-state index in [2.05, 4.69) is 120 Å². The molecule has 8 aromatic carbocycles. The summed E-state index contributed by atoms with van der Waals surface area (Å²) in [4.78, 5) is 10.8. The Morgan fingerprint density at radius 2 is 1.18 bits per heavy atom. The van der Waals surface area contributed by atoms with Crippen molar-refractivity contribution in [2.45, 2.75) is 0 Å². The molecule has 6 heteroatoms. The summed E-state index contributed by atoms with van der Waals surface area (Å²) in [6.45, 7) is 0. The predicted octanol–water partition coefficient (Wildman–Crippen LogP) is 12.9. The second-order valence-electron chi connectivity index (χ2n) is 14.1. The number of aromatic nitrogens is 3. The van der Waals surface area contributed by atoms with Crippen LogP contribution >= 0.6 is 0 Å². The Hall–Kier alpha value is -7.75. The van der Waals surface area contributed by atoms with Crippen LogP contribution in [0, 0.1) is 11.3 Å². The van der Waals surface area contributed by atoms with Gasteiger partial charge in [0.2, 0.25) is 11.7 Å². The Bertz CT molecular complexity index is 3620. The molecule has 0 radical (unpaired) electrons. The Balaban J connectivity index is 1.20. The predicted molar refractivity (Wildman–Crippen MR) is 222 cm³/mol. The van der Waals surface area contributed by atoms with Gasteiger partial charge in [0.25, 0.3) is 0 Å². The van der Waals surface area contributed by atoms with Crippen LogP contribution in [0.1, 0.15) is 5.56 Å². The van der Waals surface area contributed by atoms with E-state index in [-0.39, 0.29) is 0 Å². The number of hydrogen-bond donors (Lipinski definition) is 0. The summed E-state index contributed by atoms with van der Waals surface area (Å²) in [6, 6.07) is 56.4. The Labute approximate surface area is 312 Å². The summed E-state index contributed by atoms with van der Waals surface area (Å²) in [5.74, 6) is 0.526. The number of fused-ring (bicyclic) bond motifs is 12. The molecule has 0 fully saturated rings. The van der Waals surface area contributed by atoms with E-state index in [0.717, 1.165) is 93.1 Å². The Morgan fingerprint density at radius 1 is 0.473 bits per heavy atom. The van der Waals surface area contributed by atoms with Crippen molar-refractivity contribution in [3.8, 4) is 34.4 Å². The normalized spacial score (nSPS) is 12.0. The van der Waals surface area contributed by atoms with Gasteiger partial charge in [-0.05, 0) is 87.9 Å². The van der Waals surface area contributed by atoms with Crippen LogP contribution in [-0.2, 0) is 0 Å². The molecule has 0 amide bonds. The van der Waals surface area contributed by atoms with Crippen LogP contribution in [0.15, 0.2) is 167 Å². The summed E-state index contributed by atoms with van der Waals surface area (Å²) in [7, 11) is 0. The van der Waals surface area contributed by atoms with Crippen LogP contribution in [0.5, 0.6) is 0 Å². The molecule has 12 aromatic rings. The third kappa shape index (κ3) is 4.35. The van der Waals surface area contributed by atoms with Crippen LogP contribution in [0.2, 0.25) is 0 Å². The molecule has 0 atom stereocenters. The van der Waals surface area contributed by atoms with Crippen LogP contribution in [0.4, 0.5) is 0 Å². The molecule has 0 aliphatic carbocycles. The Kier molecular flexibility index (Phi) is 6.03. The highest BCUT2D eigenvalue weighted by Crippen LogP contribution is 2.42. The zero-order valence-electron chi connectivity index (χ0n) is 29.1. The van der Waals surface area contributed by atoms with E-state index < -0.39 is 0 Å². The lowest BCUT2D eigenvalue weighted by atomic mass is 10.0. The molecule has 4 aromatic heterocycles. The minimum atomic E-state index is 0.500. The smallest absolute Gasteiger partial charge is 0.238 e. The molecule has 0 aliphatic rings. The summed E-state index contributed by atoms with van der Waals surface area (Å²) >= 11 is 0. The van der Waals surface area contributed by atoms with E-state index in [1.54, 1.807) is 0 Å². The molecule has 0 saturated carbocycles. The first-order valence-corrected chi connectivity index (χ1v) is 18.2.